The fourth-order valence-electron chi connectivity index (χ4n) is 16.5. The molecule has 2 amide bonds. The van der Waals surface area contributed by atoms with Gasteiger partial charge in [-0.3, -0.25) is 0 Å². The molecule has 2 aromatic carbocycles. The second-order valence-electron chi connectivity index (χ2n) is 33.8. The molecule has 6 aliphatic heterocycles. The Labute approximate surface area is 725 Å². The van der Waals surface area contributed by atoms with E-state index in [1.54, 1.807) is 125 Å². The van der Waals surface area contributed by atoms with Gasteiger partial charge >= 0.3 is 65.6 Å². The zero-order valence-corrected chi connectivity index (χ0v) is 76.2. The van der Waals surface area contributed by atoms with E-state index in [9.17, 15) is 43.8 Å². The van der Waals surface area contributed by atoms with Gasteiger partial charge in [0, 0.05) is 104 Å². The molecule has 4 fully saturated rings. The van der Waals surface area contributed by atoms with Crippen molar-refractivity contribution < 1.29 is 140 Å². The molecule has 6 aliphatic rings. The van der Waals surface area contributed by atoms with Crippen molar-refractivity contribution in [1.29, 1.82) is 5.26 Å². The number of alkyl carbamates (subject to hydrolysis) is 2. The van der Waals surface area contributed by atoms with Crippen molar-refractivity contribution in [2.24, 2.45) is 41.2 Å². The van der Waals surface area contributed by atoms with E-state index in [4.69, 9.17) is 83.9 Å². The average Bonchev–Trinajstić information content (AvgIpc) is 1.14. The molecule has 6 unspecified atom stereocenters. The molecule has 659 valence electrons. The number of nitrogens with two attached hydrogens (primary N) is 1. The number of carbonyl (C=O) groups is 7. The molecular weight excluding hydrogens is 1530 g/mol. The van der Waals surface area contributed by atoms with Gasteiger partial charge in [-0.25, -0.2) is 28.8 Å². The quantitative estimate of drug-likeness (QED) is 0.0132. The molecule has 3 radical (unpaired) electrons. The maximum Gasteiger partial charge on any atom is 1.00 e. The van der Waals surface area contributed by atoms with Crippen LogP contribution in [0.1, 0.15) is 205 Å². The third-order valence-electron chi connectivity index (χ3n) is 23.1. The number of amides is 2. The van der Waals surface area contributed by atoms with Crippen LogP contribution in [0.4, 0.5) is 9.59 Å². The van der Waals surface area contributed by atoms with Crippen molar-refractivity contribution in [1.82, 2.24) is 25.8 Å². The molecule has 118 heavy (non-hydrogen) atoms. The predicted molar refractivity (Wildman–Crippen MR) is 439 cm³/mol. The number of hydrogen-bond acceptors (Lipinski definition) is 28. The van der Waals surface area contributed by atoms with Crippen LogP contribution >= 0.6 is 0 Å². The van der Waals surface area contributed by atoms with Gasteiger partial charge < -0.3 is 125 Å². The molecule has 30 nitrogen and oxygen atoms in total. The second-order valence-corrected chi connectivity index (χ2v) is 33.8. The van der Waals surface area contributed by atoms with Crippen LogP contribution in [0.15, 0.2) is 83.3 Å². The van der Waals surface area contributed by atoms with Crippen LogP contribution in [0.2, 0.25) is 0 Å². The standard InChI is InChI=1S/C42H67N3O11.C33H49NO9.C9H18N2O3.CN.CH4.B.Na/c1-14-32(46)42(10)34(44-39(49)56-42)28(6)43-22-24(2)21-41(9,50-13)35(26(4)33-27(5)36(47)55-40(7,8)54-33)53-38-25(3)31(45(11)12)20-30(52-38)23-51-37(48)29-18-16-15-17-19-29;1-20(18-35)17-33(7,38-10)28(22(3)27-23(4)29(36)43-32(5,6)42-27)41-31-21(2)26(34(8)9)16-25(40-31)19-39-30(37)24-14-12-11-13-15-24;1-4-6(12)9(3)7(5(2)10)11-8(13)14-9;1-2;;;/h15-19,24-26,28,30-32,34-35,38,43,46H,14,20-23H2,1-13H3,(H,44,49);11-15,18,20-22,25-26,28,31H,16-17,19H2,1-10H3;5-7,12H,4,10H2,1-3H3,(H,11,13);;1H4;;/q;;;-1;;;+1/t24-,25?,26+,28-,30?,31?,32-,34-,35-,38+,41-,42-;20-,21?,22+,25?,26?,28-,31+,33-;5-,6-,7-,9-;;;;/m111..../s1. The summed E-state index contributed by atoms with van der Waals surface area (Å²) in [6, 6.07) is 16.5. The molecule has 0 saturated carbocycles. The van der Waals surface area contributed by atoms with Gasteiger partial charge in [-0.2, -0.15) is 0 Å². The van der Waals surface area contributed by atoms with Gasteiger partial charge in [0.2, 0.25) is 11.6 Å². The molecule has 0 aromatic heterocycles. The molecule has 8 rings (SSSR count). The minimum atomic E-state index is -1.20. The molecule has 4 saturated heterocycles. The first kappa shape index (κ1) is 108. The van der Waals surface area contributed by atoms with Gasteiger partial charge in [-0.1, -0.05) is 99.2 Å². The van der Waals surface area contributed by atoms with Gasteiger partial charge in [-0.15, -0.1) is 0 Å². The van der Waals surface area contributed by atoms with Crippen LogP contribution in [0.5, 0.6) is 0 Å². The van der Waals surface area contributed by atoms with E-state index in [1.165, 1.54) is 0 Å². The number of aliphatic hydroxyl groups is 2. The number of rotatable bonds is 34. The number of aldehydes is 1. The molecule has 0 bridgehead atoms. The predicted octanol–water partition coefficient (Wildman–Crippen LogP) is 7.26. The Balaban J connectivity index is 0.000000672. The summed E-state index contributed by atoms with van der Waals surface area (Å²) >= 11 is 0. The molecule has 0 aliphatic carbocycles. The number of hydrogen-bond donors (Lipinski definition) is 6. The number of methoxy groups -OCH3 is 2. The normalized spacial score (nSPS) is 28.6. The van der Waals surface area contributed by atoms with E-state index in [2.05, 4.69) is 46.5 Å². The Morgan fingerprint density at radius 1 is 0.636 bits per heavy atom. The average molecular weight is 1670 g/mol. The number of carbonyl (C=O) groups excluding carboxylic acids is 7. The van der Waals surface area contributed by atoms with E-state index in [0.29, 0.717) is 78.9 Å². The van der Waals surface area contributed by atoms with Gasteiger partial charge in [0.1, 0.15) is 31.0 Å². The third-order valence-corrected chi connectivity index (χ3v) is 23.1. The molecule has 0 spiro atoms. The fourth-order valence-corrected chi connectivity index (χ4v) is 16.5. The molecular formula is C86H138BN7NaO23. The Morgan fingerprint density at radius 2 is 0.992 bits per heavy atom. The molecule has 7 N–H and O–H groups in total. The van der Waals surface area contributed by atoms with Crippen LogP contribution < -0.4 is 51.2 Å². The number of nitrogens with one attached hydrogen (secondary N) is 3. The van der Waals surface area contributed by atoms with E-state index >= 15 is 0 Å². The monoisotopic (exact) mass is 1670 g/mol. The Hall–Kier alpha value is -6.32. The first-order valence-electron chi connectivity index (χ1n) is 40.0. The van der Waals surface area contributed by atoms with Crippen molar-refractivity contribution in [3.63, 3.8) is 0 Å². The zero-order valence-electron chi connectivity index (χ0n) is 74.2. The van der Waals surface area contributed by atoms with Crippen molar-refractivity contribution in [3.05, 3.63) is 101 Å². The van der Waals surface area contributed by atoms with Crippen molar-refractivity contribution >= 4 is 50.8 Å². The number of nitrogens with zero attached hydrogens (tertiary/aromatic N) is 3. The minimum absolute atomic E-state index is 0. The summed E-state index contributed by atoms with van der Waals surface area (Å²) in [6.45, 7) is 42.2. The van der Waals surface area contributed by atoms with Crippen molar-refractivity contribution in [3.8, 4) is 0 Å². The van der Waals surface area contributed by atoms with Crippen LogP contribution in [-0.4, -0.2) is 252 Å². The number of benzene rings is 2. The summed E-state index contributed by atoms with van der Waals surface area (Å²) in [5.41, 5.74) is 3.42. The van der Waals surface area contributed by atoms with E-state index < -0.39 is 137 Å². The van der Waals surface area contributed by atoms with Crippen LogP contribution in [-0.2, 0) is 80.7 Å². The van der Waals surface area contributed by atoms with Gasteiger partial charge in [0.25, 0.3) is 0 Å². The number of aliphatic hydroxyl groups excluding tert-OH is 2. The Kier molecular flexibility index (Phi) is 42.7. The summed E-state index contributed by atoms with van der Waals surface area (Å²) in [5.74, 6) is -4.75. The van der Waals surface area contributed by atoms with Gasteiger partial charge in [0.05, 0.1) is 82.2 Å². The van der Waals surface area contributed by atoms with Crippen LogP contribution in [0.3, 0.4) is 0 Å². The smallest absolute Gasteiger partial charge is 0.512 e. The number of ether oxygens (including phenoxy) is 14. The largest absolute Gasteiger partial charge is 1.00 e. The first-order valence-corrected chi connectivity index (χ1v) is 40.0. The summed E-state index contributed by atoms with van der Waals surface area (Å²) in [6.07, 6.45) is -2.39. The first-order chi connectivity index (χ1) is 53.7. The molecule has 32 heteroatoms. The SMILES string of the molecule is C.CC[C@@H](O)[C@@]1(C)OC(=O)N[C@@H]1[C@@H](C)N.CC[C@@H](O)[C@@]1(C)OC(=O)N[C@@H]1[C@@H](C)NC[C@H](C)C[C@@](C)(OC)[C@H](O[C@@H]1OC(COC(=O)c2ccccc2)CC(N(C)C)C1C)[C@@H](C)C1=C(C)C(=O)OC(C)(C)O1.CO[C@](C)(C[C@@H](C)C=O)[C@H](O[C@@H]1OC(COC(=O)c2ccccc2)CC(N(C)C)C1C)[C@@H](C)C1=C(C)C(=O)OC(C)(C)O1.[B].[C-]#N.[Na+]. The van der Waals surface area contributed by atoms with Crippen molar-refractivity contribution in [2.45, 2.75) is 304 Å². The van der Waals surface area contributed by atoms with E-state index in [1.807, 2.05) is 95.7 Å². The van der Waals surface area contributed by atoms with Gasteiger partial charge in [0.15, 0.2) is 23.8 Å². The summed E-state index contributed by atoms with van der Waals surface area (Å²) < 4.78 is 85.2. The van der Waals surface area contributed by atoms with E-state index in [-0.39, 0.29) is 112 Å². The maximum absolute atomic E-state index is 13.1. The maximum atomic E-state index is 13.1. The fraction of sp³-hybridized carbons (Fsp3) is 0.721. The second kappa shape index (κ2) is 46.8. The van der Waals surface area contributed by atoms with Crippen LogP contribution in [0.25, 0.3) is 0 Å². The molecule has 24 atom stereocenters. The Bertz CT molecular complexity index is 3620. The topological polar surface area (TPSA) is 382 Å². The number of esters is 4. The summed E-state index contributed by atoms with van der Waals surface area (Å²) in [7, 11) is 11.3. The number of cyclic esters (lactones) is 4. The summed E-state index contributed by atoms with van der Waals surface area (Å²) in [4.78, 5) is 90.9. The van der Waals surface area contributed by atoms with E-state index in [0.717, 1.165) is 6.29 Å². The minimum Gasteiger partial charge on any atom is -0.512 e. The molecule has 6 heterocycles. The summed E-state index contributed by atoms with van der Waals surface area (Å²) in [5, 5.41) is 35.9. The van der Waals surface area contributed by atoms with Crippen molar-refractivity contribution in [2.75, 3.05) is 62.2 Å². The Morgan fingerprint density at radius 3 is 1.33 bits per heavy atom. The zero-order chi connectivity index (χ0) is 86.8. The van der Waals surface area contributed by atoms with Gasteiger partial charge in [-0.05, 0) is 159 Å². The molecule has 2 aromatic rings. The third kappa shape index (κ3) is 27.6. The van der Waals surface area contributed by atoms with Crippen LogP contribution in [0, 0.1) is 47.3 Å².